The molecule has 2 fully saturated rings. The van der Waals surface area contributed by atoms with Crippen molar-refractivity contribution in [1.29, 1.82) is 0 Å². The Bertz CT molecular complexity index is 1680. The fourth-order valence-corrected chi connectivity index (χ4v) is 5.66. The summed E-state index contributed by atoms with van der Waals surface area (Å²) in [7, 11) is 0. The number of anilines is 2. The molecular weight excluding hydrogens is 599 g/mol. The molecule has 2 atom stereocenters. The van der Waals surface area contributed by atoms with Crippen molar-refractivity contribution in [3.63, 3.8) is 0 Å². The number of halogens is 4. The lowest BCUT2D eigenvalue weighted by Gasteiger charge is -2.50. The highest BCUT2D eigenvalue weighted by Crippen LogP contribution is 2.35. The van der Waals surface area contributed by atoms with E-state index in [1.807, 2.05) is 13.8 Å². The molecule has 2 aliphatic heterocycles. The summed E-state index contributed by atoms with van der Waals surface area (Å²) >= 11 is 5.81. The van der Waals surface area contributed by atoms with E-state index in [1.165, 1.54) is 6.20 Å². The van der Waals surface area contributed by atoms with E-state index in [0.717, 1.165) is 49.6 Å². The number of benzene rings is 1. The molecule has 5 heterocycles. The Balaban J connectivity index is 1.10. The van der Waals surface area contributed by atoms with E-state index < -0.39 is 34.9 Å². The second-order valence-corrected chi connectivity index (χ2v) is 11.8. The fraction of sp³-hybridized carbons (Fsp3) is 0.379. The molecule has 6 rings (SSSR count). The van der Waals surface area contributed by atoms with Gasteiger partial charge >= 0.3 is 0 Å². The molecule has 2 N–H and O–H groups in total. The maximum Gasteiger partial charge on any atom is 0.275 e. The highest BCUT2D eigenvalue weighted by atomic mass is 35.5. The van der Waals surface area contributed by atoms with Gasteiger partial charge in [-0.05, 0) is 26.3 Å². The molecule has 15 heteroatoms. The number of carbonyl (C=O) groups excluding carboxylic acids is 1. The van der Waals surface area contributed by atoms with Gasteiger partial charge in [0.05, 0.1) is 46.6 Å². The van der Waals surface area contributed by atoms with Gasteiger partial charge in [-0.3, -0.25) is 19.4 Å². The molecule has 0 aliphatic carbocycles. The molecule has 3 aromatic heterocycles. The summed E-state index contributed by atoms with van der Waals surface area (Å²) < 4.78 is 43.5. The van der Waals surface area contributed by atoms with Crippen LogP contribution in [0.1, 0.15) is 54.4 Å². The van der Waals surface area contributed by atoms with Gasteiger partial charge in [-0.15, -0.1) is 0 Å². The number of nitrogens with one attached hydrogen (secondary N) is 1. The highest BCUT2D eigenvalue weighted by Gasteiger charge is 2.40. The summed E-state index contributed by atoms with van der Waals surface area (Å²) in [5, 5.41) is 16.6. The van der Waals surface area contributed by atoms with Crippen LogP contribution in [0.4, 0.5) is 24.8 Å². The van der Waals surface area contributed by atoms with Gasteiger partial charge in [-0.25, -0.2) is 28.1 Å². The van der Waals surface area contributed by atoms with Gasteiger partial charge < -0.3 is 15.3 Å². The third-order valence-corrected chi connectivity index (χ3v) is 8.17. The molecule has 2 saturated heterocycles. The fourth-order valence-electron chi connectivity index (χ4n) is 5.50. The van der Waals surface area contributed by atoms with Crippen molar-refractivity contribution in [3.8, 4) is 11.3 Å². The Morgan fingerprint density at radius 2 is 1.93 bits per heavy atom. The minimum atomic E-state index is -2.99. The predicted octanol–water partition coefficient (Wildman–Crippen LogP) is 4.37. The number of aliphatic hydroxyl groups is 1. The van der Waals surface area contributed by atoms with Crippen molar-refractivity contribution < 1.29 is 23.1 Å². The zero-order chi connectivity index (χ0) is 31.2. The van der Waals surface area contributed by atoms with E-state index in [2.05, 4.69) is 40.2 Å². The van der Waals surface area contributed by atoms with E-state index in [1.54, 1.807) is 23.3 Å². The van der Waals surface area contributed by atoms with Gasteiger partial charge in [0.1, 0.15) is 5.69 Å². The predicted molar refractivity (Wildman–Crippen MR) is 156 cm³/mol. The summed E-state index contributed by atoms with van der Waals surface area (Å²) in [6.07, 6.45) is 6.85. The first kappa shape index (κ1) is 29.9. The van der Waals surface area contributed by atoms with Crippen molar-refractivity contribution in [1.82, 2.24) is 34.6 Å². The highest BCUT2D eigenvalue weighted by molar-refractivity contribution is 6.31. The minimum Gasteiger partial charge on any atom is -0.388 e. The van der Waals surface area contributed by atoms with E-state index in [9.17, 15) is 23.1 Å². The average molecular weight is 628 g/mol. The van der Waals surface area contributed by atoms with Crippen LogP contribution in [0.15, 0.2) is 49.3 Å². The van der Waals surface area contributed by atoms with Gasteiger partial charge in [0.2, 0.25) is 5.95 Å². The van der Waals surface area contributed by atoms with Crippen molar-refractivity contribution in [2.75, 3.05) is 36.4 Å². The Kier molecular flexibility index (Phi) is 7.99. The lowest BCUT2D eigenvalue weighted by Crippen LogP contribution is -2.64. The van der Waals surface area contributed by atoms with Crippen LogP contribution >= 0.6 is 11.6 Å². The first-order valence-electron chi connectivity index (χ1n) is 14.0. The number of hydrogen-bond donors (Lipinski definition) is 2. The van der Waals surface area contributed by atoms with E-state index in [4.69, 9.17) is 11.6 Å². The number of amides is 1. The Morgan fingerprint density at radius 1 is 1.18 bits per heavy atom. The molecule has 1 amide bonds. The normalized spacial score (nSPS) is 18.5. The third kappa shape index (κ3) is 5.97. The summed E-state index contributed by atoms with van der Waals surface area (Å²) in [5.74, 6) is -1.11. The number of carbonyl (C=O) groups is 1. The molecule has 0 radical (unpaired) electrons. The first-order valence-corrected chi connectivity index (χ1v) is 14.3. The average Bonchev–Trinajstić information content (AvgIpc) is 3.44. The lowest BCUT2D eigenvalue weighted by atomic mass is 9.94. The number of hydrogen-bond acceptors (Lipinski definition) is 9. The van der Waals surface area contributed by atoms with Crippen LogP contribution in [0.3, 0.4) is 0 Å². The topological polar surface area (TPSA) is 125 Å². The van der Waals surface area contributed by atoms with Gasteiger partial charge in [0, 0.05) is 67.5 Å². The quantitative estimate of drug-likeness (QED) is 0.278. The summed E-state index contributed by atoms with van der Waals surface area (Å²) in [5.41, 5.74) is -1.03. The standard InChI is InChI=1S/C29H29ClF3N9O2/c1-16(17-7-35-28(36-8-17)41-6-5-19(41)13-40-14-29(2,44)15-40)42-12-18(9-37-42)38-27(43)23-11-34-10-22(39-23)24-20(26(32)33)3-4-21(30)25(24)31/h3-4,7-12,16,19,26,44H,5-6,13-15H2,1-2H3,(H,38,43)/t16?,19-/m0/s1. The lowest BCUT2D eigenvalue weighted by molar-refractivity contribution is -0.0866. The molecule has 0 bridgehead atoms. The van der Waals surface area contributed by atoms with Crippen molar-refractivity contribution >= 4 is 29.1 Å². The van der Waals surface area contributed by atoms with E-state index >= 15 is 0 Å². The number of β-amino-alcohol motifs (C(OH)–C–C–N with tert-alkyl or cyclic N) is 1. The molecular formula is C29H29ClF3N9O2. The van der Waals surface area contributed by atoms with Gasteiger partial charge in [0.25, 0.3) is 12.3 Å². The van der Waals surface area contributed by atoms with E-state index in [0.29, 0.717) is 30.8 Å². The van der Waals surface area contributed by atoms with Crippen molar-refractivity contribution in [2.24, 2.45) is 0 Å². The van der Waals surface area contributed by atoms with Crippen LogP contribution in [0, 0.1) is 5.82 Å². The van der Waals surface area contributed by atoms with Gasteiger partial charge in [-0.2, -0.15) is 5.10 Å². The summed E-state index contributed by atoms with van der Waals surface area (Å²) in [6.45, 7) is 6.84. The molecule has 0 spiro atoms. The second kappa shape index (κ2) is 11.7. The van der Waals surface area contributed by atoms with Crippen LogP contribution in [0.5, 0.6) is 0 Å². The molecule has 1 unspecified atom stereocenters. The molecule has 1 aromatic carbocycles. The van der Waals surface area contributed by atoms with Crippen LogP contribution in [0.25, 0.3) is 11.3 Å². The Hall–Kier alpha value is -4.14. The number of rotatable bonds is 9. The van der Waals surface area contributed by atoms with Crippen LogP contribution in [0.2, 0.25) is 5.02 Å². The monoisotopic (exact) mass is 627 g/mol. The van der Waals surface area contributed by atoms with Gasteiger partial charge in [-0.1, -0.05) is 17.7 Å². The molecule has 230 valence electrons. The summed E-state index contributed by atoms with van der Waals surface area (Å²) in [6, 6.07) is 2.10. The first-order chi connectivity index (χ1) is 21.0. The zero-order valence-corrected chi connectivity index (χ0v) is 24.6. The van der Waals surface area contributed by atoms with Crippen molar-refractivity contribution in [3.05, 3.63) is 77.0 Å². The number of alkyl halides is 2. The summed E-state index contributed by atoms with van der Waals surface area (Å²) in [4.78, 5) is 34.5. The second-order valence-electron chi connectivity index (χ2n) is 11.4. The minimum absolute atomic E-state index is 0.212. The number of aromatic nitrogens is 6. The maximum atomic E-state index is 14.7. The van der Waals surface area contributed by atoms with Crippen molar-refractivity contribution in [2.45, 2.75) is 44.4 Å². The Morgan fingerprint density at radius 3 is 2.59 bits per heavy atom. The number of nitrogens with zero attached hydrogens (tertiary/aromatic N) is 8. The number of likely N-dealkylation sites (tertiary alicyclic amines) is 1. The third-order valence-electron chi connectivity index (χ3n) is 7.88. The molecule has 0 saturated carbocycles. The molecule has 11 nitrogen and oxygen atoms in total. The maximum absolute atomic E-state index is 14.7. The Labute approximate surface area is 255 Å². The zero-order valence-electron chi connectivity index (χ0n) is 23.8. The van der Waals surface area contributed by atoms with Gasteiger partial charge in [0.15, 0.2) is 5.82 Å². The SMILES string of the molecule is CC(c1cnc(N2CC[C@H]2CN2CC(C)(O)C2)nc1)n1cc(NC(=O)c2cncc(-c3c(C(F)F)ccc(Cl)c3F)n2)cn1. The molecule has 4 aromatic rings. The smallest absolute Gasteiger partial charge is 0.275 e. The largest absolute Gasteiger partial charge is 0.388 e. The van der Waals surface area contributed by atoms with E-state index in [-0.39, 0.29) is 22.5 Å². The van der Waals surface area contributed by atoms with Crippen LogP contribution < -0.4 is 10.2 Å². The van der Waals surface area contributed by atoms with Crippen LogP contribution in [-0.2, 0) is 0 Å². The molecule has 44 heavy (non-hydrogen) atoms. The van der Waals surface area contributed by atoms with Crippen LogP contribution in [-0.4, -0.2) is 83.5 Å². The molecule has 2 aliphatic rings.